The molecule has 1 aromatic rings. The normalized spacial score (nSPS) is 16.9. The van der Waals surface area contributed by atoms with Crippen LogP contribution in [0, 0.1) is 0 Å². The van der Waals surface area contributed by atoms with Crippen molar-refractivity contribution in [1.82, 2.24) is 9.78 Å². The van der Waals surface area contributed by atoms with Crippen molar-refractivity contribution in [2.75, 3.05) is 12.8 Å². The highest BCUT2D eigenvalue weighted by Gasteiger charge is 2.32. The van der Waals surface area contributed by atoms with E-state index in [9.17, 15) is 4.79 Å². The number of esters is 1. The Hall–Kier alpha value is -1.52. The summed E-state index contributed by atoms with van der Waals surface area (Å²) in [5.41, 5.74) is 7.33. The highest BCUT2D eigenvalue weighted by molar-refractivity contribution is 5.90. The van der Waals surface area contributed by atoms with Crippen molar-refractivity contribution in [3.63, 3.8) is 0 Å². The molecule has 1 fully saturated rings. The third kappa shape index (κ3) is 2.01. The Morgan fingerprint density at radius 2 is 2.29 bits per heavy atom. The maximum absolute atomic E-state index is 11.7. The molecule has 94 valence electrons. The van der Waals surface area contributed by atoms with Gasteiger partial charge in [-0.3, -0.25) is 0 Å². The second-order valence-corrected chi connectivity index (χ2v) is 4.62. The maximum atomic E-state index is 11.7. The van der Waals surface area contributed by atoms with E-state index in [0.717, 1.165) is 24.8 Å². The van der Waals surface area contributed by atoms with Crippen LogP contribution in [-0.4, -0.2) is 22.9 Å². The Morgan fingerprint density at radius 3 is 2.76 bits per heavy atom. The van der Waals surface area contributed by atoms with Crippen molar-refractivity contribution in [3.8, 4) is 0 Å². The van der Waals surface area contributed by atoms with Crippen LogP contribution in [0.5, 0.6) is 0 Å². The van der Waals surface area contributed by atoms with E-state index in [1.807, 2.05) is 0 Å². The van der Waals surface area contributed by atoms with Gasteiger partial charge in [0.2, 0.25) is 0 Å². The van der Waals surface area contributed by atoms with Crippen LogP contribution in [-0.2, 0) is 4.74 Å². The summed E-state index contributed by atoms with van der Waals surface area (Å²) in [6.07, 6.45) is 3.10. The number of ether oxygens (including phenoxy) is 1. The highest BCUT2D eigenvalue weighted by atomic mass is 16.5. The van der Waals surface area contributed by atoms with Crippen LogP contribution >= 0.6 is 0 Å². The summed E-state index contributed by atoms with van der Waals surface area (Å²) in [5.74, 6) is 0.449. The van der Waals surface area contributed by atoms with Crippen LogP contribution in [0.1, 0.15) is 61.1 Å². The summed E-state index contributed by atoms with van der Waals surface area (Å²) >= 11 is 0. The van der Waals surface area contributed by atoms with Gasteiger partial charge in [0.25, 0.3) is 0 Å². The van der Waals surface area contributed by atoms with E-state index >= 15 is 0 Å². The van der Waals surface area contributed by atoms with E-state index in [1.54, 1.807) is 4.68 Å². The number of carbonyl (C=O) groups is 1. The molecule has 0 radical (unpaired) electrons. The van der Waals surface area contributed by atoms with Gasteiger partial charge in [0, 0.05) is 5.56 Å². The number of hydrogen-bond acceptors (Lipinski definition) is 4. The van der Waals surface area contributed by atoms with Crippen molar-refractivity contribution in [1.29, 1.82) is 0 Å². The van der Waals surface area contributed by atoms with Gasteiger partial charge in [0.05, 0.1) is 13.2 Å². The van der Waals surface area contributed by atoms with Crippen LogP contribution < -0.4 is 5.73 Å². The Bertz CT molecular complexity index is 435. The van der Waals surface area contributed by atoms with Crippen LogP contribution in [0.4, 0.5) is 5.82 Å². The molecular weight excluding hydrogens is 218 g/mol. The van der Waals surface area contributed by atoms with Crippen molar-refractivity contribution in [2.24, 2.45) is 0 Å². The second-order valence-electron chi connectivity index (χ2n) is 4.62. The fraction of sp³-hybridized carbons (Fsp3) is 0.667. The molecule has 17 heavy (non-hydrogen) atoms. The lowest BCUT2D eigenvalue weighted by atomic mass is 9.98. The van der Waals surface area contributed by atoms with E-state index in [1.165, 1.54) is 7.11 Å². The first-order valence-corrected chi connectivity index (χ1v) is 6.06. The fourth-order valence-electron chi connectivity index (χ4n) is 2.00. The Morgan fingerprint density at radius 1 is 1.65 bits per heavy atom. The van der Waals surface area contributed by atoms with Gasteiger partial charge in [-0.15, -0.1) is 0 Å². The van der Waals surface area contributed by atoms with E-state index in [0.29, 0.717) is 17.6 Å². The Kier molecular flexibility index (Phi) is 3.09. The number of anilines is 1. The van der Waals surface area contributed by atoms with Crippen LogP contribution in [0.25, 0.3) is 0 Å². The first kappa shape index (κ1) is 12.0. The number of carbonyl (C=O) groups excluding carboxylic acids is 1. The number of nitrogens with two attached hydrogens (primary N) is 1. The van der Waals surface area contributed by atoms with Crippen LogP contribution in [0.3, 0.4) is 0 Å². The van der Waals surface area contributed by atoms with Gasteiger partial charge in [-0.2, -0.15) is 5.10 Å². The van der Waals surface area contributed by atoms with E-state index in [-0.39, 0.29) is 5.92 Å². The predicted octanol–water partition coefficient (Wildman–Crippen LogP) is 2.10. The number of nitrogens with zero attached hydrogens (tertiary/aromatic N) is 2. The number of rotatable bonds is 4. The van der Waals surface area contributed by atoms with Gasteiger partial charge in [0.15, 0.2) is 5.69 Å². The minimum absolute atomic E-state index is 0.219. The molecule has 2 N–H and O–H groups in total. The molecule has 1 heterocycles. The molecule has 0 saturated heterocycles. The van der Waals surface area contributed by atoms with Gasteiger partial charge in [0.1, 0.15) is 5.82 Å². The molecule has 0 spiro atoms. The molecule has 0 aliphatic heterocycles. The topological polar surface area (TPSA) is 70.1 Å². The van der Waals surface area contributed by atoms with Crippen molar-refractivity contribution >= 4 is 11.8 Å². The quantitative estimate of drug-likeness (QED) is 0.814. The monoisotopic (exact) mass is 237 g/mol. The zero-order valence-corrected chi connectivity index (χ0v) is 10.6. The lowest BCUT2D eigenvalue weighted by molar-refractivity contribution is 0.0591. The van der Waals surface area contributed by atoms with Crippen molar-refractivity contribution in [2.45, 2.75) is 45.1 Å². The fourth-order valence-corrected chi connectivity index (χ4v) is 2.00. The molecule has 2 rings (SSSR count). The molecular formula is C12H19N3O2. The Labute approximate surface area is 101 Å². The summed E-state index contributed by atoms with van der Waals surface area (Å²) in [4.78, 5) is 11.7. The standard InChI is InChI=1S/C12H19N3O2/c1-4-7(2)9-10(12(16)17-3)14-15(11(9)13)8-5-6-8/h7-8H,4-6,13H2,1-3H3. The molecule has 1 atom stereocenters. The smallest absolute Gasteiger partial charge is 0.358 e. The molecule has 5 nitrogen and oxygen atoms in total. The van der Waals surface area contributed by atoms with E-state index < -0.39 is 5.97 Å². The van der Waals surface area contributed by atoms with E-state index in [4.69, 9.17) is 10.5 Å². The van der Waals surface area contributed by atoms with Crippen molar-refractivity contribution < 1.29 is 9.53 Å². The summed E-state index contributed by atoms with van der Waals surface area (Å²) in [7, 11) is 1.37. The summed E-state index contributed by atoms with van der Waals surface area (Å²) in [5, 5.41) is 4.33. The van der Waals surface area contributed by atoms with E-state index in [2.05, 4.69) is 18.9 Å². The minimum Gasteiger partial charge on any atom is -0.464 e. The lowest BCUT2D eigenvalue weighted by Crippen LogP contribution is -2.07. The number of nitrogen functional groups attached to an aromatic ring is 1. The first-order chi connectivity index (χ1) is 8.10. The van der Waals surface area contributed by atoms with Crippen LogP contribution in [0.15, 0.2) is 0 Å². The number of methoxy groups -OCH3 is 1. The van der Waals surface area contributed by atoms with Gasteiger partial charge >= 0.3 is 5.97 Å². The second kappa shape index (κ2) is 4.39. The average Bonchev–Trinajstić information content (AvgIpc) is 3.11. The van der Waals surface area contributed by atoms with Gasteiger partial charge in [-0.1, -0.05) is 13.8 Å². The van der Waals surface area contributed by atoms with Gasteiger partial charge in [-0.05, 0) is 25.2 Å². The van der Waals surface area contributed by atoms with Crippen molar-refractivity contribution in [3.05, 3.63) is 11.3 Å². The molecule has 1 aliphatic rings. The molecule has 1 saturated carbocycles. The summed E-state index contributed by atoms with van der Waals surface area (Å²) in [6.45, 7) is 4.12. The predicted molar refractivity (Wildman–Crippen MR) is 65.0 cm³/mol. The molecule has 5 heteroatoms. The molecule has 1 aliphatic carbocycles. The minimum atomic E-state index is -0.397. The zero-order chi connectivity index (χ0) is 12.6. The summed E-state index contributed by atoms with van der Waals surface area (Å²) in [6, 6.07) is 0.371. The summed E-state index contributed by atoms with van der Waals surface area (Å²) < 4.78 is 6.56. The SMILES string of the molecule is CCC(C)c1c(C(=O)OC)nn(C2CC2)c1N. The molecule has 1 unspecified atom stereocenters. The largest absolute Gasteiger partial charge is 0.464 e. The van der Waals surface area contributed by atoms with Gasteiger partial charge < -0.3 is 10.5 Å². The van der Waals surface area contributed by atoms with Gasteiger partial charge in [-0.25, -0.2) is 9.48 Å². The molecule has 0 aromatic carbocycles. The third-order valence-corrected chi connectivity index (χ3v) is 3.36. The molecule has 0 bridgehead atoms. The first-order valence-electron chi connectivity index (χ1n) is 6.06. The maximum Gasteiger partial charge on any atom is 0.358 e. The average molecular weight is 237 g/mol. The van der Waals surface area contributed by atoms with Crippen LogP contribution in [0.2, 0.25) is 0 Å². The Balaban J connectivity index is 2.47. The molecule has 1 aromatic heterocycles. The highest BCUT2D eigenvalue weighted by Crippen LogP contribution is 2.39. The third-order valence-electron chi connectivity index (χ3n) is 3.36. The zero-order valence-electron chi connectivity index (χ0n) is 10.6. The molecule has 0 amide bonds. The number of aromatic nitrogens is 2. The lowest BCUT2D eigenvalue weighted by Gasteiger charge is -2.09. The number of hydrogen-bond donors (Lipinski definition) is 1.